The maximum Gasteiger partial charge on any atom is 0.287 e. The summed E-state index contributed by atoms with van der Waals surface area (Å²) in [5.41, 5.74) is 0.798. The van der Waals surface area contributed by atoms with Crippen molar-refractivity contribution in [3.63, 3.8) is 0 Å². The minimum Gasteiger partial charge on any atom is -0.376 e. The molecule has 116 valence electrons. The molecule has 2 rings (SSSR count). The SMILES string of the molecule is Cc1cc([N+](=O)[O-])cnc1NCCOC1CCCCCC1. The highest BCUT2D eigenvalue weighted by Gasteiger charge is 2.12. The molecule has 1 aromatic heterocycles. The van der Waals surface area contributed by atoms with E-state index in [4.69, 9.17) is 4.74 Å². The number of aromatic nitrogens is 1. The monoisotopic (exact) mass is 293 g/mol. The molecule has 0 saturated heterocycles. The number of hydrogen-bond acceptors (Lipinski definition) is 5. The second-order valence-electron chi connectivity index (χ2n) is 5.53. The molecule has 21 heavy (non-hydrogen) atoms. The van der Waals surface area contributed by atoms with E-state index in [0.29, 0.717) is 25.1 Å². The molecule has 1 saturated carbocycles. The zero-order valence-electron chi connectivity index (χ0n) is 12.5. The first-order valence-corrected chi connectivity index (χ1v) is 7.63. The van der Waals surface area contributed by atoms with Crippen molar-refractivity contribution < 1.29 is 9.66 Å². The zero-order chi connectivity index (χ0) is 15.1. The first kappa shape index (κ1) is 15.7. The average molecular weight is 293 g/mol. The molecule has 0 bridgehead atoms. The molecule has 1 fully saturated rings. The Hall–Kier alpha value is -1.69. The van der Waals surface area contributed by atoms with Crippen LogP contribution >= 0.6 is 0 Å². The van der Waals surface area contributed by atoms with Gasteiger partial charge >= 0.3 is 0 Å². The molecule has 0 amide bonds. The van der Waals surface area contributed by atoms with Crippen molar-refractivity contribution >= 4 is 11.5 Å². The number of aryl methyl sites for hydroxylation is 1. The highest BCUT2D eigenvalue weighted by molar-refractivity contribution is 5.48. The third-order valence-electron chi connectivity index (χ3n) is 3.82. The van der Waals surface area contributed by atoms with Gasteiger partial charge in [-0.05, 0) is 25.3 Å². The molecular formula is C15H23N3O3. The highest BCUT2D eigenvalue weighted by Crippen LogP contribution is 2.20. The number of ether oxygens (including phenoxy) is 1. The molecule has 0 aliphatic heterocycles. The average Bonchev–Trinajstić information content (AvgIpc) is 2.73. The second kappa shape index (κ2) is 7.93. The lowest BCUT2D eigenvalue weighted by Crippen LogP contribution is -2.18. The molecule has 1 aliphatic carbocycles. The van der Waals surface area contributed by atoms with Crippen LogP contribution in [0.3, 0.4) is 0 Å². The lowest BCUT2D eigenvalue weighted by molar-refractivity contribution is -0.385. The Kier molecular flexibility index (Phi) is 5.92. The van der Waals surface area contributed by atoms with Gasteiger partial charge in [-0.3, -0.25) is 10.1 Å². The van der Waals surface area contributed by atoms with E-state index in [1.165, 1.54) is 37.9 Å². The summed E-state index contributed by atoms with van der Waals surface area (Å²) in [7, 11) is 0. The zero-order valence-corrected chi connectivity index (χ0v) is 12.5. The number of hydrogen-bond donors (Lipinski definition) is 1. The van der Waals surface area contributed by atoms with E-state index in [1.807, 2.05) is 6.92 Å². The standard InChI is InChI=1S/C15H23N3O3/c1-12-10-13(18(19)20)11-17-15(12)16-8-9-21-14-6-4-2-3-5-7-14/h10-11,14H,2-9H2,1H3,(H,16,17). The van der Waals surface area contributed by atoms with Crippen molar-refractivity contribution in [1.29, 1.82) is 0 Å². The molecule has 0 aromatic carbocycles. The Morgan fingerprint density at radius 1 is 1.38 bits per heavy atom. The summed E-state index contributed by atoms with van der Waals surface area (Å²) in [5.74, 6) is 0.685. The molecule has 0 spiro atoms. The first-order chi connectivity index (χ1) is 10.2. The van der Waals surface area contributed by atoms with Crippen LogP contribution in [0.4, 0.5) is 11.5 Å². The molecule has 1 aliphatic rings. The first-order valence-electron chi connectivity index (χ1n) is 7.63. The molecule has 1 heterocycles. The molecule has 6 heteroatoms. The Bertz CT molecular complexity index is 471. The fourth-order valence-corrected chi connectivity index (χ4v) is 2.65. The summed E-state index contributed by atoms with van der Waals surface area (Å²) < 4.78 is 5.89. The largest absolute Gasteiger partial charge is 0.376 e. The smallest absolute Gasteiger partial charge is 0.287 e. The number of rotatable bonds is 6. The van der Waals surface area contributed by atoms with E-state index < -0.39 is 4.92 Å². The summed E-state index contributed by atoms with van der Waals surface area (Å²) in [5, 5.41) is 13.8. The maximum absolute atomic E-state index is 10.7. The van der Waals surface area contributed by atoms with Crippen molar-refractivity contribution in [1.82, 2.24) is 4.98 Å². The second-order valence-corrected chi connectivity index (χ2v) is 5.53. The van der Waals surface area contributed by atoms with Gasteiger partial charge in [-0.2, -0.15) is 0 Å². The summed E-state index contributed by atoms with van der Waals surface area (Å²) in [4.78, 5) is 14.3. The van der Waals surface area contributed by atoms with E-state index in [1.54, 1.807) is 0 Å². The third-order valence-corrected chi connectivity index (χ3v) is 3.82. The van der Waals surface area contributed by atoms with E-state index in [-0.39, 0.29) is 5.69 Å². The van der Waals surface area contributed by atoms with E-state index in [9.17, 15) is 10.1 Å². The Morgan fingerprint density at radius 2 is 2.10 bits per heavy atom. The molecule has 0 atom stereocenters. The van der Waals surface area contributed by atoms with Crippen molar-refractivity contribution in [3.8, 4) is 0 Å². The van der Waals surface area contributed by atoms with Crippen LogP contribution in [0.15, 0.2) is 12.3 Å². The Balaban J connectivity index is 1.74. The van der Waals surface area contributed by atoms with Gasteiger partial charge in [0.15, 0.2) is 0 Å². The predicted octanol–water partition coefficient (Wildman–Crippen LogP) is 3.45. The minimum absolute atomic E-state index is 0.0211. The molecule has 0 radical (unpaired) electrons. The minimum atomic E-state index is -0.432. The van der Waals surface area contributed by atoms with Gasteiger partial charge in [0.25, 0.3) is 5.69 Å². The Morgan fingerprint density at radius 3 is 2.71 bits per heavy atom. The van der Waals surface area contributed by atoms with Gasteiger partial charge in [0.05, 0.1) is 17.6 Å². The van der Waals surface area contributed by atoms with Crippen LogP contribution in [0.5, 0.6) is 0 Å². The molecule has 6 nitrogen and oxygen atoms in total. The van der Waals surface area contributed by atoms with Crippen LogP contribution in [0.1, 0.15) is 44.1 Å². The van der Waals surface area contributed by atoms with Crippen molar-refractivity contribution in [3.05, 3.63) is 27.9 Å². The summed E-state index contributed by atoms with van der Waals surface area (Å²) >= 11 is 0. The van der Waals surface area contributed by atoms with E-state index in [0.717, 1.165) is 18.4 Å². The fourth-order valence-electron chi connectivity index (χ4n) is 2.65. The topological polar surface area (TPSA) is 77.3 Å². The van der Waals surface area contributed by atoms with Crippen molar-refractivity contribution in [2.24, 2.45) is 0 Å². The predicted molar refractivity (Wildman–Crippen MR) is 81.6 cm³/mol. The van der Waals surface area contributed by atoms with Crippen LogP contribution in [-0.4, -0.2) is 29.2 Å². The third kappa shape index (κ3) is 4.97. The van der Waals surface area contributed by atoms with Crippen molar-refractivity contribution in [2.45, 2.75) is 51.6 Å². The molecular weight excluding hydrogens is 270 g/mol. The van der Waals surface area contributed by atoms with Gasteiger partial charge in [-0.25, -0.2) is 4.98 Å². The molecule has 1 aromatic rings. The highest BCUT2D eigenvalue weighted by atomic mass is 16.6. The summed E-state index contributed by atoms with van der Waals surface area (Å²) in [6, 6.07) is 1.53. The number of nitrogens with zero attached hydrogens (tertiary/aromatic N) is 2. The van der Waals surface area contributed by atoms with Gasteiger partial charge in [0, 0.05) is 12.6 Å². The Labute approximate surface area is 125 Å². The summed E-state index contributed by atoms with van der Waals surface area (Å²) in [6.07, 6.45) is 9.17. The van der Waals surface area contributed by atoms with E-state index in [2.05, 4.69) is 10.3 Å². The van der Waals surface area contributed by atoms with Gasteiger partial charge in [0.2, 0.25) is 0 Å². The molecule has 0 unspecified atom stereocenters. The quantitative estimate of drug-likeness (QED) is 0.376. The normalized spacial score (nSPS) is 16.4. The number of nitrogens with one attached hydrogen (secondary N) is 1. The lowest BCUT2D eigenvalue weighted by Gasteiger charge is -2.16. The number of pyridine rings is 1. The molecule has 1 N–H and O–H groups in total. The maximum atomic E-state index is 10.7. The summed E-state index contributed by atoms with van der Waals surface area (Å²) in [6.45, 7) is 3.12. The van der Waals surface area contributed by atoms with Crippen LogP contribution in [0.25, 0.3) is 0 Å². The van der Waals surface area contributed by atoms with Gasteiger partial charge in [0.1, 0.15) is 12.0 Å². The van der Waals surface area contributed by atoms with E-state index >= 15 is 0 Å². The lowest BCUT2D eigenvalue weighted by atomic mass is 10.1. The van der Waals surface area contributed by atoms with Gasteiger partial charge < -0.3 is 10.1 Å². The van der Waals surface area contributed by atoms with Crippen LogP contribution in [0.2, 0.25) is 0 Å². The van der Waals surface area contributed by atoms with Gasteiger partial charge in [-0.15, -0.1) is 0 Å². The van der Waals surface area contributed by atoms with Crippen LogP contribution < -0.4 is 5.32 Å². The number of nitro groups is 1. The van der Waals surface area contributed by atoms with Crippen molar-refractivity contribution in [2.75, 3.05) is 18.5 Å². The fraction of sp³-hybridized carbons (Fsp3) is 0.667. The van der Waals surface area contributed by atoms with Crippen LogP contribution in [0, 0.1) is 17.0 Å². The number of anilines is 1. The van der Waals surface area contributed by atoms with Crippen LogP contribution in [-0.2, 0) is 4.74 Å². The van der Waals surface area contributed by atoms with Gasteiger partial charge in [-0.1, -0.05) is 25.7 Å².